The maximum atomic E-state index is 12.8. The summed E-state index contributed by atoms with van der Waals surface area (Å²) < 4.78 is 17.8. The van der Waals surface area contributed by atoms with Crippen molar-refractivity contribution in [3.05, 3.63) is 41.5 Å². The van der Waals surface area contributed by atoms with Gasteiger partial charge in [-0.1, -0.05) is 17.7 Å². The first-order valence-electron chi connectivity index (χ1n) is 4.14. The molecule has 4 heteroatoms. The molecule has 0 saturated heterocycles. The Morgan fingerprint density at radius 2 is 2.29 bits per heavy atom. The molecule has 14 heavy (non-hydrogen) atoms. The van der Waals surface area contributed by atoms with Gasteiger partial charge in [-0.25, -0.2) is 4.39 Å². The molecule has 0 heterocycles. The molecular formula is C10H11ClFO2. The van der Waals surface area contributed by atoms with E-state index in [9.17, 15) is 9.50 Å². The molecule has 0 spiro atoms. The molecule has 0 aromatic heterocycles. The summed E-state index contributed by atoms with van der Waals surface area (Å²) in [4.78, 5) is 0. The average Bonchev–Trinajstić information content (AvgIpc) is 2.09. The van der Waals surface area contributed by atoms with E-state index in [0.29, 0.717) is 12.2 Å². The van der Waals surface area contributed by atoms with Crippen LogP contribution in [0.1, 0.15) is 12.5 Å². The van der Waals surface area contributed by atoms with Crippen molar-refractivity contribution in [2.45, 2.75) is 12.7 Å². The summed E-state index contributed by atoms with van der Waals surface area (Å²) in [5, 5.41) is 9.62. The van der Waals surface area contributed by atoms with Crippen molar-refractivity contribution in [1.29, 1.82) is 0 Å². The fraction of sp³-hybridized carbons (Fsp3) is 0.300. The molecule has 1 atom stereocenters. The van der Waals surface area contributed by atoms with Crippen molar-refractivity contribution in [3.63, 3.8) is 0 Å². The Labute approximate surface area is 87.3 Å². The molecule has 0 fully saturated rings. The maximum absolute atomic E-state index is 12.8. The van der Waals surface area contributed by atoms with Crippen molar-refractivity contribution < 1.29 is 14.2 Å². The Hall–Kier alpha value is -0.640. The molecular weight excluding hydrogens is 207 g/mol. The molecule has 0 saturated carbocycles. The molecule has 1 radical (unpaired) electrons. The zero-order chi connectivity index (χ0) is 10.8. The van der Waals surface area contributed by atoms with Crippen LogP contribution in [0.4, 0.5) is 4.39 Å². The molecule has 0 aliphatic heterocycles. The Morgan fingerprint density at radius 1 is 1.64 bits per heavy atom. The highest BCUT2D eigenvalue weighted by molar-refractivity contribution is 6.30. The van der Waals surface area contributed by atoms with Gasteiger partial charge in [0.05, 0.1) is 5.02 Å². The van der Waals surface area contributed by atoms with Gasteiger partial charge < -0.3 is 9.84 Å². The Balaban J connectivity index is 3.01. The van der Waals surface area contributed by atoms with E-state index >= 15 is 0 Å². The second kappa shape index (κ2) is 4.26. The summed E-state index contributed by atoms with van der Waals surface area (Å²) in [6.07, 6.45) is 0. The fourth-order valence-corrected chi connectivity index (χ4v) is 1.24. The van der Waals surface area contributed by atoms with E-state index in [1.165, 1.54) is 12.1 Å². The largest absolute Gasteiger partial charge is 0.362 e. The molecule has 1 rings (SSSR count). The van der Waals surface area contributed by atoms with Gasteiger partial charge in [-0.05, 0) is 19.1 Å². The summed E-state index contributed by atoms with van der Waals surface area (Å²) in [7, 11) is 0. The van der Waals surface area contributed by atoms with Gasteiger partial charge in [-0.15, -0.1) is 0 Å². The van der Waals surface area contributed by atoms with Crippen LogP contribution in [0.5, 0.6) is 0 Å². The first kappa shape index (κ1) is 11.4. The van der Waals surface area contributed by atoms with Crippen LogP contribution in [0, 0.1) is 12.7 Å². The minimum absolute atomic E-state index is 0.0655. The van der Waals surface area contributed by atoms with Crippen LogP contribution in [-0.4, -0.2) is 11.7 Å². The second-order valence-electron chi connectivity index (χ2n) is 2.85. The van der Waals surface area contributed by atoms with Crippen molar-refractivity contribution in [3.8, 4) is 0 Å². The molecule has 0 bridgehead atoms. The summed E-state index contributed by atoms with van der Waals surface area (Å²) in [6.45, 7) is 5.48. The number of hydrogen-bond acceptors (Lipinski definition) is 2. The van der Waals surface area contributed by atoms with Crippen molar-refractivity contribution >= 4 is 11.6 Å². The van der Waals surface area contributed by atoms with Gasteiger partial charge in [0.15, 0.2) is 5.79 Å². The van der Waals surface area contributed by atoms with Gasteiger partial charge in [0.1, 0.15) is 5.82 Å². The number of rotatable bonds is 3. The monoisotopic (exact) mass is 217 g/mol. The quantitative estimate of drug-likeness (QED) is 0.789. The van der Waals surface area contributed by atoms with E-state index in [1.807, 2.05) is 0 Å². The molecule has 2 nitrogen and oxygen atoms in total. The summed E-state index contributed by atoms with van der Waals surface area (Å²) in [5.41, 5.74) is 0.325. The van der Waals surface area contributed by atoms with E-state index in [4.69, 9.17) is 16.3 Å². The van der Waals surface area contributed by atoms with Gasteiger partial charge in [-0.3, -0.25) is 0 Å². The Morgan fingerprint density at radius 3 is 2.79 bits per heavy atom. The van der Waals surface area contributed by atoms with Crippen LogP contribution in [0.25, 0.3) is 0 Å². The van der Waals surface area contributed by atoms with Crippen LogP contribution in [-0.2, 0) is 10.5 Å². The summed E-state index contributed by atoms with van der Waals surface area (Å²) in [5.74, 6) is -2.21. The molecule has 1 unspecified atom stereocenters. The third-order valence-corrected chi connectivity index (χ3v) is 2.04. The number of ether oxygens (including phenoxy) is 1. The lowest BCUT2D eigenvalue weighted by Gasteiger charge is -2.23. The molecule has 0 amide bonds. The number of benzene rings is 1. The number of aliphatic hydroxyl groups is 1. The standard InChI is InChI=1S/C10H11ClFO2/c1-3-14-10(2,13)7-4-5-9(12)8(11)6-7/h4-6,13H,2-3H2,1H3. The van der Waals surface area contributed by atoms with Crippen LogP contribution in [0.2, 0.25) is 5.02 Å². The second-order valence-corrected chi connectivity index (χ2v) is 3.25. The lowest BCUT2D eigenvalue weighted by Crippen LogP contribution is -2.25. The first-order chi connectivity index (χ1) is 6.47. The maximum Gasteiger partial charge on any atom is 0.192 e. The minimum Gasteiger partial charge on any atom is -0.362 e. The zero-order valence-electron chi connectivity index (χ0n) is 7.76. The normalized spacial score (nSPS) is 15.2. The number of halogens is 2. The highest BCUT2D eigenvalue weighted by Crippen LogP contribution is 2.25. The fourth-order valence-electron chi connectivity index (χ4n) is 1.06. The SMILES string of the molecule is [CH2]C(O)(OCC)c1ccc(F)c(Cl)c1. The number of hydrogen-bond donors (Lipinski definition) is 1. The Kier molecular flexibility index (Phi) is 3.48. The third kappa shape index (κ3) is 2.44. The zero-order valence-corrected chi connectivity index (χ0v) is 8.51. The van der Waals surface area contributed by atoms with E-state index < -0.39 is 11.6 Å². The highest BCUT2D eigenvalue weighted by atomic mass is 35.5. The molecule has 0 aliphatic carbocycles. The molecule has 0 aliphatic rings. The summed E-state index contributed by atoms with van der Waals surface area (Å²) >= 11 is 5.55. The first-order valence-corrected chi connectivity index (χ1v) is 4.52. The van der Waals surface area contributed by atoms with E-state index in [2.05, 4.69) is 6.92 Å². The van der Waals surface area contributed by atoms with Crippen molar-refractivity contribution in [1.82, 2.24) is 0 Å². The molecule has 1 aromatic rings. The van der Waals surface area contributed by atoms with Crippen LogP contribution in [0.3, 0.4) is 0 Å². The van der Waals surface area contributed by atoms with Crippen molar-refractivity contribution in [2.24, 2.45) is 0 Å². The van der Waals surface area contributed by atoms with Crippen LogP contribution >= 0.6 is 11.6 Å². The minimum atomic E-state index is -1.67. The summed E-state index contributed by atoms with van der Waals surface area (Å²) in [6, 6.07) is 3.83. The van der Waals surface area contributed by atoms with Gasteiger partial charge in [0, 0.05) is 19.1 Å². The molecule has 77 valence electrons. The van der Waals surface area contributed by atoms with Crippen molar-refractivity contribution in [2.75, 3.05) is 6.61 Å². The van der Waals surface area contributed by atoms with E-state index in [1.54, 1.807) is 6.92 Å². The smallest absolute Gasteiger partial charge is 0.192 e. The van der Waals surface area contributed by atoms with Gasteiger partial charge in [-0.2, -0.15) is 0 Å². The van der Waals surface area contributed by atoms with Gasteiger partial charge >= 0.3 is 0 Å². The van der Waals surface area contributed by atoms with E-state index in [0.717, 1.165) is 6.07 Å². The lowest BCUT2D eigenvalue weighted by atomic mass is 10.1. The van der Waals surface area contributed by atoms with Crippen LogP contribution < -0.4 is 0 Å². The highest BCUT2D eigenvalue weighted by Gasteiger charge is 2.24. The lowest BCUT2D eigenvalue weighted by molar-refractivity contribution is -0.173. The predicted molar refractivity (Wildman–Crippen MR) is 52.3 cm³/mol. The van der Waals surface area contributed by atoms with Gasteiger partial charge in [0.25, 0.3) is 0 Å². The van der Waals surface area contributed by atoms with Gasteiger partial charge in [0.2, 0.25) is 0 Å². The molecule has 1 N–H and O–H groups in total. The Bertz CT molecular complexity index is 326. The predicted octanol–water partition coefficient (Wildman–Crippen LogP) is 2.49. The van der Waals surface area contributed by atoms with E-state index in [-0.39, 0.29) is 5.02 Å². The third-order valence-electron chi connectivity index (χ3n) is 1.75. The molecule has 1 aromatic carbocycles. The average molecular weight is 218 g/mol. The van der Waals surface area contributed by atoms with Crippen LogP contribution in [0.15, 0.2) is 18.2 Å². The topological polar surface area (TPSA) is 29.5 Å².